The summed E-state index contributed by atoms with van der Waals surface area (Å²) in [5.74, 6) is -3.20. The van der Waals surface area contributed by atoms with Gasteiger partial charge >= 0.3 is 17.9 Å². The van der Waals surface area contributed by atoms with E-state index in [-0.39, 0.29) is 0 Å². The Labute approximate surface area is 72.8 Å². The topological polar surface area (TPSA) is 121 Å². The van der Waals surface area contributed by atoms with Crippen molar-refractivity contribution in [3.05, 3.63) is 12.2 Å². The Morgan fingerprint density at radius 1 is 1.08 bits per heavy atom. The highest BCUT2D eigenvalue weighted by atomic mass is 17.1. The summed E-state index contributed by atoms with van der Waals surface area (Å²) >= 11 is 0. The van der Waals surface area contributed by atoms with Gasteiger partial charge in [-0.1, -0.05) is 0 Å². The van der Waals surface area contributed by atoms with Crippen LogP contribution in [0.4, 0.5) is 0 Å². The smallest absolute Gasteiger partial charge is 0.339 e. The zero-order valence-corrected chi connectivity index (χ0v) is 6.63. The number of hydrogen-bond acceptors (Lipinski definition) is 5. The molecule has 74 valence electrons. The van der Waals surface area contributed by atoms with Gasteiger partial charge in [0.2, 0.25) is 0 Å². The summed E-state index contributed by atoms with van der Waals surface area (Å²) in [5, 5.41) is 22.9. The molecule has 0 bridgehead atoms. The Hall–Kier alpha value is -1.89. The molecule has 0 aromatic heterocycles. The van der Waals surface area contributed by atoms with Crippen molar-refractivity contribution in [3.8, 4) is 0 Å². The minimum Gasteiger partial charge on any atom is -0.478 e. The highest BCUT2D eigenvalue weighted by Gasteiger charge is 1.88. The van der Waals surface area contributed by atoms with Crippen LogP contribution in [0.25, 0.3) is 0 Å². The monoisotopic (exact) mass is 192 g/mol. The molecule has 0 saturated heterocycles. The minimum absolute atomic E-state index is 0.558. The van der Waals surface area contributed by atoms with E-state index in [1.807, 2.05) is 0 Å². The average molecular weight is 192 g/mol. The van der Waals surface area contributed by atoms with Gasteiger partial charge in [0.05, 0.1) is 0 Å². The van der Waals surface area contributed by atoms with Gasteiger partial charge < -0.3 is 15.1 Å². The largest absolute Gasteiger partial charge is 0.478 e. The highest BCUT2D eigenvalue weighted by molar-refractivity contribution is 5.89. The van der Waals surface area contributed by atoms with E-state index < -0.39 is 17.9 Å². The number of hydrogen-bond donors (Lipinski definition) is 3. The minimum atomic E-state index is -1.26. The summed E-state index contributed by atoms with van der Waals surface area (Å²) in [6.45, 7) is 1.11. The van der Waals surface area contributed by atoms with Crippen molar-refractivity contribution in [2.45, 2.75) is 6.92 Å². The number of aliphatic carboxylic acids is 2. The van der Waals surface area contributed by atoms with E-state index in [0.29, 0.717) is 12.2 Å². The van der Waals surface area contributed by atoms with E-state index in [1.165, 1.54) is 0 Å². The molecular formula is C6H8O7. The molecular weight excluding hydrogens is 184 g/mol. The number of carbonyl (C=O) groups excluding carboxylic acids is 1. The van der Waals surface area contributed by atoms with Crippen LogP contribution >= 0.6 is 0 Å². The van der Waals surface area contributed by atoms with Crippen LogP contribution in [0, 0.1) is 0 Å². The van der Waals surface area contributed by atoms with Crippen LogP contribution in [0.15, 0.2) is 12.2 Å². The lowest BCUT2D eigenvalue weighted by atomic mass is 10.5. The molecule has 7 heteroatoms. The number of carboxylic acid groups (broad SMARTS) is 2. The maximum atomic E-state index is 9.55. The van der Waals surface area contributed by atoms with Gasteiger partial charge in [-0.15, -0.1) is 0 Å². The predicted molar refractivity (Wildman–Crippen MR) is 38.8 cm³/mol. The van der Waals surface area contributed by atoms with E-state index in [1.54, 1.807) is 0 Å². The first-order chi connectivity index (χ1) is 5.90. The summed E-state index contributed by atoms with van der Waals surface area (Å²) in [5.41, 5.74) is 0. The molecule has 0 aromatic rings. The zero-order valence-electron chi connectivity index (χ0n) is 6.63. The van der Waals surface area contributed by atoms with Crippen LogP contribution < -0.4 is 0 Å². The van der Waals surface area contributed by atoms with Crippen LogP contribution in [0.2, 0.25) is 0 Å². The van der Waals surface area contributed by atoms with Crippen molar-refractivity contribution < 1.29 is 34.7 Å². The second-order valence-electron chi connectivity index (χ2n) is 1.59. The molecule has 7 nitrogen and oxygen atoms in total. The lowest BCUT2D eigenvalue weighted by molar-refractivity contribution is -0.231. The Morgan fingerprint density at radius 3 is 1.38 bits per heavy atom. The molecule has 0 saturated carbocycles. The number of carbonyl (C=O) groups is 3. The molecule has 0 rings (SSSR count). The van der Waals surface area contributed by atoms with Gasteiger partial charge in [-0.3, -0.25) is 0 Å². The molecule has 0 aliphatic carbocycles. The molecule has 3 N–H and O–H groups in total. The van der Waals surface area contributed by atoms with Crippen molar-refractivity contribution in [1.82, 2.24) is 0 Å². The number of rotatable bonds is 2. The average Bonchev–Trinajstić information content (AvgIpc) is 2.02. The third-order valence-corrected chi connectivity index (χ3v) is 0.497. The van der Waals surface area contributed by atoms with Gasteiger partial charge in [0, 0.05) is 19.1 Å². The molecule has 0 spiro atoms. The lowest BCUT2D eigenvalue weighted by Crippen LogP contribution is -1.91. The van der Waals surface area contributed by atoms with Crippen molar-refractivity contribution in [1.29, 1.82) is 0 Å². The Balaban J connectivity index is 0. The van der Waals surface area contributed by atoms with E-state index in [0.717, 1.165) is 6.92 Å². The molecule has 0 aliphatic heterocycles. The van der Waals surface area contributed by atoms with Gasteiger partial charge in [0.25, 0.3) is 0 Å². The van der Waals surface area contributed by atoms with E-state index in [2.05, 4.69) is 4.89 Å². The van der Waals surface area contributed by atoms with E-state index >= 15 is 0 Å². The first-order valence-electron chi connectivity index (χ1n) is 2.86. The van der Waals surface area contributed by atoms with Gasteiger partial charge in [0.1, 0.15) is 0 Å². The first kappa shape index (κ1) is 13.7. The molecule has 0 radical (unpaired) electrons. The van der Waals surface area contributed by atoms with E-state index in [4.69, 9.17) is 15.5 Å². The molecule has 0 aliphatic rings. The van der Waals surface area contributed by atoms with Crippen LogP contribution in [0.3, 0.4) is 0 Å². The molecule has 0 unspecified atom stereocenters. The van der Waals surface area contributed by atoms with Gasteiger partial charge in [-0.2, -0.15) is 5.26 Å². The summed E-state index contributed by atoms with van der Waals surface area (Å²) in [7, 11) is 0. The van der Waals surface area contributed by atoms with Crippen molar-refractivity contribution in [3.63, 3.8) is 0 Å². The zero-order chi connectivity index (χ0) is 10.9. The van der Waals surface area contributed by atoms with Crippen molar-refractivity contribution in [2.75, 3.05) is 0 Å². The van der Waals surface area contributed by atoms with Crippen molar-refractivity contribution in [2.24, 2.45) is 0 Å². The second kappa shape index (κ2) is 8.21. The Morgan fingerprint density at radius 2 is 1.31 bits per heavy atom. The maximum Gasteiger partial charge on any atom is 0.339 e. The van der Waals surface area contributed by atoms with Crippen LogP contribution in [-0.2, 0) is 19.3 Å². The second-order valence-corrected chi connectivity index (χ2v) is 1.59. The van der Waals surface area contributed by atoms with Crippen LogP contribution in [0.1, 0.15) is 6.92 Å². The highest BCUT2D eigenvalue weighted by Crippen LogP contribution is 1.70. The van der Waals surface area contributed by atoms with Crippen LogP contribution in [-0.4, -0.2) is 33.4 Å². The van der Waals surface area contributed by atoms with Gasteiger partial charge in [-0.25, -0.2) is 14.4 Å². The van der Waals surface area contributed by atoms with E-state index in [9.17, 15) is 14.4 Å². The summed E-state index contributed by atoms with van der Waals surface area (Å²) in [6, 6.07) is 0. The quantitative estimate of drug-likeness (QED) is 0.313. The fraction of sp³-hybridized carbons (Fsp3) is 0.167. The lowest BCUT2D eigenvalue weighted by Gasteiger charge is -1.76. The maximum absolute atomic E-state index is 9.55. The Bertz CT molecular complexity index is 201. The summed E-state index contributed by atoms with van der Waals surface area (Å²) in [4.78, 5) is 31.6. The molecule has 0 fully saturated rings. The SMILES string of the molecule is CC(=O)OO.O=C(O)/C=C\C(=O)O. The first-order valence-corrected chi connectivity index (χ1v) is 2.86. The number of carboxylic acids is 2. The van der Waals surface area contributed by atoms with Gasteiger partial charge in [0.15, 0.2) is 0 Å². The third-order valence-electron chi connectivity index (χ3n) is 0.497. The fourth-order valence-corrected chi connectivity index (χ4v) is 0.143. The van der Waals surface area contributed by atoms with Crippen molar-refractivity contribution >= 4 is 17.9 Å². The third kappa shape index (κ3) is 25.5. The molecule has 0 heterocycles. The molecule has 0 amide bonds. The molecule has 0 atom stereocenters. The summed E-state index contributed by atoms with van der Waals surface area (Å²) in [6.07, 6.45) is 1.12. The van der Waals surface area contributed by atoms with Crippen LogP contribution in [0.5, 0.6) is 0 Å². The Kier molecular flexibility index (Phi) is 8.64. The molecule has 13 heavy (non-hydrogen) atoms. The normalized spacial score (nSPS) is 8.46. The molecule has 0 aromatic carbocycles. The summed E-state index contributed by atoms with van der Waals surface area (Å²) < 4.78 is 0. The predicted octanol–water partition coefficient (Wildman–Crippen LogP) is -0.266. The van der Waals surface area contributed by atoms with Gasteiger partial charge in [-0.05, 0) is 0 Å². The fourth-order valence-electron chi connectivity index (χ4n) is 0.143. The standard InChI is InChI=1S/C4H4O4.C2H4O3/c5-3(6)1-2-4(7)8;1-2(3)5-4/h1-2H,(H,5,6)(H,7,8);4H,1H3/b2-1-;.